The van der Waals surface area contributed by atoms with E-state index in [0.717, 1.165) is 0 Å². The van der Waals surface area contributed by atoms with Gasteiger partial charge in [-0.2, -0.15) is 10.1 Å². The lowest BCUT2D eigenvalue weighted by atomic mass is 10.2. The van der Waals surface area contributed by atoms with E-state index in [2.05, 4.69) is 15.1 Å². The monoisotopic (exact) mass is 466 g/mol. The predicted octanol–water partition coefficient (Wildman–Crippen LogP) is -0.607. The molecule has 2 fully saturated rings. The van der Waals surface area contributed by atoms with Crippen molar-refractivity contribution in [2.24, 2.45) is 0 Å². The van der Waals surface area contributed by atoms with Crippen molar-refractivity contribution in [3.8, 4) is 11.3 Å². The van der Waals surface area contributed by atoms with E-state index in [0.29, 0.717) is 80.7 Å². The lowest BCUT2D eigenvalue weighted by Crippen LogP contribution is -2.50. The average Bonchev–Trinajstić information content (AvgIpc) is 3.27. The fourth-order valence-corrected chi connectivity index (χ4v) is 4.14. The molecule has 2 saturated heterocycles. The SMILES string of the molecule is CC(=O)N1CCN(C(=O)Cn2ncc3c(-c4cnc(N)nc4)nc(N4CCOCC4)nc32)CC1. The van der Waals surface area contributed by atoms with Gasteiger partial charge in [-0.05, 0) is 0 Å². The summed E-state index contributed by atoms with van der Waals surface area (Å²) in [5.74, 6) is 0.661. The Morgan fingerprint density at radius 1 is 0.971 bits per heavy atom. The lowest BCUT2D eigenvalue weighted by Gasteiger charge is -2.34. The minimum Gasteiger partial charge on any atom is -0.378 e. The number of ether oxygens (including phenoxy) is 1. The zero-order valence-electron chi connectivity index (χ0n) is 18.9. The molecule has 13 nitrogen and oxygen atoms in total. The Morgan fingerprint density at radius 3 is 2.32 bits per heavy atom. The molecule has 178 valence electrons. The van der Waals surface area contributed by atoms with Gasteiger partial charge >= 0.3 is 0 Å². The molecular formula is C21H26N10O3. The van der Waals surface area contributed by atoms with Gasteiger partial charge in [0.2, 0.25) is 23.7 Å². The summed E-state index contributed by atoms with van der Waals surface area (Å²) in [6.07, 6.45) is 4.89. The largest absolute Gasteiger partial charge is 0.378 e. The van der Waals surface area contributed by atoms with Crippen LogP contribution in [-0.4, -0.2) is 104 Å². The number of fused-ring (bicyclic) bond motifs is 1. The van der Waals surface area contributed by atoms with E-state index < -0.39 is 0 Å². The van der Waals surface area contributed by atoms with Gasteiger partial charge in [-0.25, -0.2) is 19.6 Å². The molecule has 5 heterocycles. The van der Waals surface area contributed by atoms with E-state index in [9.17, 15) is 9.59 Å². The van der Waals surface area contributed by atoms with Crippen LogP contribution in [0.3, 0.4) is 0 Å². The van der Waals surface area contributed by atoms with Crippen molar-refractivity contribution in [2.45, 2.75) is 13.5 Å². The average molecular weight is 467 g/mol. The number of aromatic nitrogens is 6. The Kier molecular flexibility index (Phi) is 5.92. The number of carbonyl (C=O) groups is 2. The number of amides is 2. The number of anilines is 2. The molecule has 0 atom stereocenters. The van der Waals surface area contributed by atoms with Gasteiger partial charge in [0, 0.05) is 64.1 Å². The quantitative estimate of drug-likeness (QED) is 0.528. The second-order valence-corrected chi connectivity index (χ2v) is 8.23. The molecule has 0 aromatic carbocycles. The number of carbonyl (C=O) groups excluding carboxylic acids is 2. The molecule has 2 aliphatic heterocycles. The third-order valence-electron chi connectivity index (χ3n) is 6.09. The van der Waals surface area contributed by atoms with Crippen LogP contribution in [0.25, 0.3) is 22.3 Å². The van der Waals surface area contributed by atoms with Gasteiger partial charge in [0.05, 0.1) is 30.5 Å². The van der Waals surface area contributed by atoms with Gasteiger partial charge in [0.15, 0.2) is 5.65 Å². The zero-order chi connectivity index (χ0) is 23.7. The highest BCUT2D eigenvalue weighted by Crippen LogP contribution is 2.28. The van der Waals surface area contributed by atoms with Crippen LogP contribution in [0.2, 0.25) is 0 Å². The van der Waals surface area contributed by atoms with Crippen LogP contribution in [-0.2, 0) is 20.9 Å². The minimum atomic E-state index is -0.0721. The van der Waals surface area contributed by atoms with Crippen LogP contribution in [0.15, 0.2) is 18.6 Å². The summed E-state index contributed by atoms with van der Waals surface area (Å²) >= 11 is 0. The highest BCUT2D eigenvalue weighted by molar-refractivity contribution is 5.91. The zero-order valence-corrected chi connectivity index (χ0v) is 18.9. The molecule has 3 aromatic heterocycles. The normalized spacial score (nSPS) is 16.8. The van der Waals surface area contributed by atoms with Crippen molar-refractivity contribution < 1.29 is 14.3 Å². The third kappa shape index (κ3) is 4.33. The van der Waals surface area contributed by atoms with Crippen LogP contribution in [0.4, 0.5) is 11.9 Å². The maximum absolute atomic E-state index is 13.0. The van der Waals surface area contributed by atoms with Crippen LogP contribution in [0.1, 0.15) is 6.92 Å². The molecular weight excluding hydrogens is 440 g/mol. The fraction of sp³-hybridized carbons (Fsp3) is 0.476. The number of morpholine rings is 1. The minimum absolute atomic E-state index is 0.0247. The highest BCUT2D eigenvalue weighted by atomic mass is 16.5. The Bertz CT molecular complexity index is 1200. The Balaban J connectivity index is 1.47. The number of piperazine rings is 1. The van der Waals surface area contributed by atoms with Crippen molar-refractivity contribution in [1.82, 2.24) is 39.5 Å². The van der Waals surface area contributed by atoms with Gasteiger partial charge in [-0.15, -0.1) is 0 Å². The van der Waals surface area contributed by atoms with Gasteiger partial charge in [0.1, 0.15) is 6.54 Å². The van der Waals surface area contributed by atoms with Crippen LogP contribution in [0, 0.1) is 0 Å². The molecule has 3 aromatic rings. The van der Waals surface area contributed by atoms with Gasteiger partial charge in [-0.3, -0.25) is 9.59 Å². The number of rotatable bonds is 4. The number of nitrogen functional groups attached to an aromatic ring is 1. The van der Waals surface area contributed by atoms with Gasteiger partial charge in [-0.1, -0.05) is 0 Å². The van der Waals surface area contributed by atoms with E-state index >= 15 is 0 Å². The van der Waals surface area contributed by atoms with Crippen molar-refractivity contribution in [1.29, 1.82) is 0 Å². The Morgan fingerprint density at radius 2 is 1.65 bits per heavy atom. The Hall–Kier alpha value is -3.87. The first-order valence-corrected chi connectivity index (χ1v) is 11.2. The molecule has 0 aliphatic carbocycles. The summed E-state index contributed by atoms with van der Waals surface area (Å²) in [6.45, 7) is 6.16. The second kappa shape index (κ2) is 9.17. The molecule has 2 N–H and O–H groups in total. The standard InChI is InChI=1S/C21H26N10O3/c1-14(32)28-2-4-29(5-3-28)17(33)13-31-19-16(12-25-31)18(15-10-23-20(22)24-11-15)26-21(27-19)30-6-8-34-9-7-30/h10-12H,2-9,13H2,1H3,(H2,22,23,24). The molecule has 2 aliphatic rings. The molecule has 0 saturated carbocycles. The predicted molar refractivity (Wildman–Crippen MR) is 123 cm³/mol. The smallest absolute Gasteiger partial charge is 0.244 e. The van der Waals surface area contributed by atoms with Crippen LogP contribution in [0.5, 0.6) is 0 Å². The lowest BCUT2D eigenvalue weighted by molar-refractivity contribution is -0.138. The maximum atomic E-state index is 13.0. The number of nitrogens with two attached hydrogens (primary N) is 1. The second-order valence-electron chi connectivity index (χ2n) is 8.23. The van der Waals surface area contributed by atoms with E-state index in [-0.39, 0.29) is 24.3 Å². The molecule has 13 heteroatoms. The molecule has 5 rings (SSSR count). The number of hydrogen-bond acceptors (Lipinski definition) is 10. The van der Waals surface area contributed by atoms with Crippen molar-refractivity contribution in [3.05, 3.63) is 18.6 Å². The number of nitrogens with zero attached hydrogens (tertiary/aromatic N) is 9. The summed E-state index contributed by atoms with van der Waals surface area (Å²) in [4.78, 5) is 47.9. The molecule has 0 radical (unpaired) electrons. The first-order chi connectivity index (χ1) is 16.5. The van der Waals surface area contributed by atoms with Crippen molar-refractivity contribution >= 4 is 34.7 Å². The highest BCUT2D eigenvalue weighted by Gasteiger charge is 2.25. The van der Waals surface area contributed by atoms with E-state index in [4.69, 9.17) is 20.4 Å². The van der Waals surface area contributed by atoms with Gasteiger partial charge in [0.25, 0.3) is 0 Å². The summed E-state index contributed by atoms with van der Waals surface area (Å²) in [7, 11) is 0. The van der Waals surface area contributed by atoms with E-state index in [1.54, 1.807) is 40.0 Å². The number of hydrogen-bond donors (Lipinski definition) is 1. The molecule has 2 amide bonds. The first-order valence-electron chi connectivity index (χ1n) is 11.2. The molecule has 0 spiro atoms. The fourth-order valence-electron chi connectivity index (χ4n) is 4.14. The first kappa shape index (κ1) is 21.9. The summed E-state index contributed by atoms with van der Waals surface area (Å²) in [5, 5.41) is 5.15. The third-order valence-corrected chi connectivity index (χ3v) is 6.09. The molecule has 0 bridgehead atoms. The van der Waals surface area contributed by atoms with Crippen molar-refractivity contribution in [2.75, 3.05) is 63.1 Å². The summed E-state index contributed by atoms with van der Waals surface area (Å²) in [6, 6.07) is 0. The Labute approximate surface area is 195 Å². The van der Waals surface area contributed by atoms with Crippen molar-refractivity contribution in [3.63, 3.8) is 0 Å². The van der Waals surface area contributed by atoms with E-state index in [1.807, 2.05) is 4.90 Å². The summed E-state index contributed by atoms with van der Waals surface area (Å²) in [5.41, 5.74) is 7.52. The van der Waals surface area contributed by atoms with Crippen LogP contribution < -0.4 is 10.6 Å². The van der Waals surface area contributed by atoms with Gasteiger partial charge < -0.3 is 25.2 Å². The molecule has 34 heavy (non-hydrogen) atoms. The maximum Gasteiger partial charge on any atom is 0.244 e. The summed E-state index contributed by atoms with van der Waals surface area (Å²) < 4.78 is 7.06. The van der Waals surface area contributed by atoms with Crippen LogP contribution >= 0.6 is 0 Å². The topological polar surface area (TPSA) is 148 Å². The van der Waals surface area contributed by atoms with E-state index in [1.165, 1.54) is 0 Å². The molecule has 0 unspecified atom stereocenters.